The fourth-order valence-electron chi connectivity index (χ4n) is 3.11. The average Bonchev–Trinajstić information content (AvgIpc) is 3.04. The molecule has 0 bridgehead atoms. The molecule has 3 rings (SSSR count). The van der Waals surface area contributed by atoms with Crippen molar-refractivity contribution in [2.45, 2.75) is 46.6 Å². The molecule has 3 aromatic rings. The molecule has 0 saturated carbocycles. The van der Waals surface area contributed by atoms with Crippen LogP contribution in [0.3, 0.4) is 0 Å². The number of Topliss-reactive ketones (excluding diaryl/α,β-unsaturated/α-hetero) is 1. The van der Waals surface area contributed by atoms with Crippen LogP contribution in [-0.2, 0) is 13.1 Å². The van der Waals surface area contributed by atoms with Gasteiger partial charge in [0.05, 0.1) is 24.8 Å². The second-order valence-electron chi connectivity index (χ2n) is 8.55. The van der Waals surface area contributed by atoms with Gasteiger partial charge in [0.2, 0.25) is 0 Å². The van der Waals surface area contributed by atoms with Crippen molar-refractivity contribution >= 4 is 13.9 Å². The molecule has 2 heterocycles. The van der Waals surface area contributed by atoms with E-state index in [9.17, 15) is 9.59 Å². The maximum absolute atomic E-state index is 13.0. The Hall–Kier alpha value is -3.17. The van der Waals surface area contributed by atoms with E-state index in [2.05, 4.69) is 36.2 Å². The van der Waals surface area contributed by atoms with Crippen LogP contribution in [0, 0.1) is 25.3 Å². The first kappa shape index (κ1) is 21.5. The van der Waals surface area contributed by atoms with E-state index in [1.54, 1.807) is 25.4 Å². The molecule has 30 heavy (non-hydrogen) atoms. The highest BCUT2D eigenvalue weighted by atomic mass is 28.3. The number of benzene rings is 1. The summed E-state index contributed by atoms with van der Waals surface area (Å²) in [6, 6.07) is 11.8. The van der Waals surface area contributed by atoms with Crippen molar-refractivity contribution in [2.75, 3.05) is 0 Å². The lowest BCUT2D eigenvalue weighted by molar-refractivity contribution is 0.0970. The molecule has 0 N–H and O–H groups in total. The number of carbonyl (C=O) groups excluding carboxylic acids is 1. The highest BCUT2D eigenvalue weighted by Gasteiger charge is 2.16. The highest BCUT2D eigenvalue weighted by Crippen LogP contribution is 2.12. The molecule has 154 valence electrons. The molecule has 6 heteroatoms. The summed E-state index contributed by atoms with van der Waals surface area (Å²) in [7, 11) is -1.54. The van der Waals surface area contributed by atoms with Gasteiger partial charge < -0.3 is 4.57 Å². The number of hydrogen-bond donors (Lipinski definition) is 0. The Morgan fingerprint density at radius 2 is 1.83 bits per heavy atom. The first-order valence-electron chi connectivity index (χ1n) is 9.98. The van der Waals surface area contributed by atoms with Crippen LogP contribution in [0.4, 0.5) is 0 Å². The number of aromatic nitrogens is 3. The van der Waals surface area contributed by atoms with Gasteiger partial charge in [-0.1, -0.05) is 55.9 Å². The fourth-order valence-corrected chi connectivity index (χ4v) is 3.63. The van der Waals surface area contributed by atoms with E-state index in [4.69, 9.17) is 0 Å². The summed E-state index contributed by atoms with van der Waals surface area (Å²) in [5.74, 6) is 3.04. The maximum atomic E-state index is 13.0. The van der Waals surface area contributed by atoms with Gasteiger partial charge in [-0.05, 0) is 25.5 Å². The van der Waals surface area contributed by atoms with E-state index in [0.717, 1.165) is 16.8 Å². The number of ketones is 1. The summed E-state index contributed by atoms with van der Waals surface area (Å²) < 4.78 is 3.27. The predicted octanol–water partition coefficient (Wildman–Crippen LogP) is 3.82. The van der Waals surface area contributed by atoms with Gasteiger partial charge in [0.15, 0.2) is 5.78 Å². The maximum Gasteiger partial charge on any atom is 0.253 e. The van der Waals surface area contributed by atoms with Crippen molar-refractivity contribution in [1.29, 1.82) is 0 Å². The van der Waals surface area contributed by atoms with Gasteiger partial charge >= 0.3 is 0 Å². The highest BCUT2D eigenvalue weighted by molar-refractivity contribution is 6.83. The summed E-state index contributed by atoms with van der Waals surface area (Å²) in [5.41, 5.74) is 6.93. The Morgan fingerprint density at radius 3 is 2.50 bits per heavy atom. The summed E-state index contributed by atoms with van der Waals surface area (Å²) >= 11 is 0. The van der Waals surface area contributed by atoms with E-state index in [0.29, 0.717) is 17.7 Å². The average molecular weight is 418 g/mol. The summed E-state index contributed by atoms with van der Waals surface area (Å²) in [6.45, 7) is 10.7. The molecule has 5 nitrogen and oxygen atoms in total. The monoisotopic (exact) mass is 417 g/mol. The Bertz CT molecular complexity index is 1190. The quantitative estimate of drug-likeness (QED) is 0.360. The van der Waals surface area contributed by atoms with Gasteiger partial charge in [-0.15, -0.1) is 5.54 Å². The minimum atomic E-state index is -1.54. The third-order valence-electron chi connectivity index (χ3n) is 4.74. The predicted molar refractivity (Wildman–Crippen MR) is 123 cm³/mol. The summed E-state index contributed by atoms with van der Waals surface area (Å²) in [5, 5.41) is 4.38. The summed E-state index contributed by atoms with van der Waals surface area (Å²) in [6.07, 6.45) is 3.28. The molecule has 0 atom stereocenters. The SMILES string of the molecule is Cc1cc(C#C[Si](C)(C)C)cn(CC(=O)c2cnn(Cc3ccccc3)c2C)c1=O. The van der Waals surface area contributed by atoms with Crippen molar-refractivity contribution in [3.8, 4) is 11.5 Å². The largest absolute Gasteiger partial charge is 0.306 e. The van der Waals surface area contributed by atoms with Crippen LogP contribution in [0.25, 0.3) is 0 Å². The molecule has 0 spiro atoms. The van der Waals surface area contributed by atoms with E-state index in [1.807, 2.05) is 41.9 Å². The Kier molecular flexibility index (Phi) is 6.23. The van der Waals surface area contributed by atoms with Gasteiger partial charge in [0.25, 0.3) is 5.56 Å². The number of pyridine rings is 1. The number of hydrogen-bond acceptors (Lipinski definition) is 3. The molecule has 0 unspecified atom stereocenters. The number of rotatable bonds is 5. The van der Waals surface area contributed by atoms with Gasteiger partial charge in [-0.2, -0.15) is 5.10 Å². The minimum Gasteiger partial charge on any atom is -0.306 e. The molecular weight excluding hydrogens is 390 g/mol. The number of nitrogens with zero attached hydrogens (tertiary/aromatic N) is 3. The smallest absolute Gasteiger partial charge is 0.253 e. The third kappa shape index (κ3) is 5.25. The first-order chi connectivity index (χ1) is 14.1. The van der Waals surface area contributed by atoms with Crippen LogP contribution in [-0.4, -0.2) is 28.2 Å². The zero-order chi connectivity index (χ0) is 21.9. The van der Waals surface area contributed by atoms with Gasteiger partial charge in [0.1, 0.15) is 8.07 Å². The van der Waals surface area contributed by atoms with Crippen molar-refractivity contribution < 1.29 is 4.79 Å². The van der Waals surface area contributed by atoms with Crippen LogP contribution in [0.15, 0.2) is 53.6 Å². The molecular formula is C24H27N3O2Si. The number of carbonyl (C=O) groups is 1. The molecule has 0 amide bonds. The van der Waals surface area contributed by atoms with Crippen molar-refractivity contribution in [1.82, 2.24) is 14.3 Å². The fraction of sp³-hybridized carbons (Fsp3) is 0.292. The van der Waals surface area contributed by atoms with Crippen molar-refractivity contribution in [2.24, 2.45) is 0 Å². The van der Waals surface area contributed by atoms with E-state index in [1.165, 1.54) is 4.57 Å². The Morgan fingerprint density at radius 1 is 1.13 bits per heavy atom. The third-order valence-corrected chi connectivity index (χ3v) is 5.61. The van der Waals surface area contributed by atoms with Crippen molar-refractivity contribution in [3.63, 3.8) is 0 Å². The van der Waals surface area contributed by atoms with Crippen LogP contribution >= 0.6 is 0 Å². The molecule has 0 aliphatic carbocycles. The molecule has 1 aromatic carbocycles. The van der Waals surface area contributed by atoms with E-state index in [-0.39, 0.29) is 17.9 Å². The number of aryl methyl sites for hydroxylation is 1. The van der Waals surface area contributed by atoms with Crippen LogP contribution in [0.2, 0.25) is 19.6 Å². The molecule has 0 radical (unpaired) electrons. The zero-order valence-corrected chi connectivity index (χ0v) is 19.2. The Labute approximate surface area is 178 Å². The van der Waals surface area contributed by atoms with Crippen LogP contribution < -0.4 is 5.56 Å². The normalized spacial score (nSPS) is 11.1. The van der Waals surface area contributed by atoms with Gasteiger partial charge in [-0.25, -0.2) is 0 Å². The lowest BCUT2D eigenvalue weighted by Gasteiger charge is -2.09. The van der Waals surface area contributed by atoms with Crippen molar-refractivity contribution in [3.05, 3.63) is 87.1 Å². The summed E-state index contributed by atoms with van der Waals surface area (Å²) in [4.78, 5) is 25.5. The first-order valence-corrected chi connectivity index (χ1v) is 13.5. The molecule has 0 saturated heterocycles. The molecule has 2 aromatic heterocycles. The van der Waals surface area contributed by atoms with Gasteiger partial charge in [0, 0.05) is 23.0 Å². The minimum absolute atomic E-state index is 0.0278. The van der Waals surface area contributed by atoms with E-state index < -0.39 is 8.07 Å². The van der Waals surface area contributed by atoms with Crippen LogP contribution in [0.5, 0.6) is 0 Å². The second kappa shape index (κ2) is 8.68. The van der Waals surface area contributed by atoms with E-state index >= 15 is 0 Å². The second-order valence-corrected chi connectivity index (χ2v) is 13.3. The van der Waals surface area contributed by atoms with Gasteiger partial charge in [-0.3, -0.25) is 14.3 Å². The molecule has 0 aliphatic heterocycles. The molecule has 0 fully saturated rings. The Balaban J connectivity index is 1.85. The topological polar surface area (TPSA) is 56.9 Å². The standard InChI is InChI=1S/C24H27N3O2Si/c1-18-13-21(11-12-30(3,4)5)15-26(24(18)29)17-23(28)22-14-25-27(19(22)2)16-20-9-7-6-8-10-20/h6-10,13-15H,16-17H2,1-5H3. The lowest BCUT2D eigenvalue weighted by atomic mass is 10.1. The lowest BCUT2D eigenvalue weighted by Crippen LogP contribution is -2.26. The molecule has 0 aliphatic rings. The zero-order valence-electron chi connectivity index (χ0n) is 18.2. The van der Waals surface area contributed by atoms with Crippen LogP contribution in [0.1, 0.15) is 32.7 Å².